The van der Waals surface area contributed by atoms with Crippen LogP contribution in [-0.4, -0.2) is 78.2 Å². The van der Waals surface area contributed by atoms with Crippen molar-refractivity contribution < 1.29 is 41.7 Å². The first-order valence-electron chi connectivity index (χ1n) is 14.9. The predicted octanol–water partition coefficient (Wildman–Crippen LogP) is 4.70. The lowest BCUT2D eigenvalue weighted by Crippen LogP contribution is -2.37. The Balaban J connectivity index is 1.13. The molecule has 1 saturated heterocycles. The zero-order chi connectivity index (χ0) is 33.0. The maximum absolute atomic E-state index is 15.2. The predicted molar refractivity (Wildman–Crippen MR) is 163 cm³/mol. The molecule has 2 aromatic heterocycles. The second-order valence-corrected chi connectivity index (χ2v) is 11.1. The third kappa shape index (κ3) is 7.20. The molecule has 246 valence electrons. The summed E-state index contributed by atoms with van der Waals surface area (Å²) in [6.07, 6.45) is 2.36. The quantitative estimate of drug-likeness (QED) is 0.164. The van der Waals surface area contributed by atoms with Crippen molar-refractivity contribution in [3.05, 3.63) is 66.2 Å². The van der Waals surface area contributed by atoms with E-state index in [2.05, 4.69) is 30.5 Å². The van der Waals surface area contributed by atoms with Crippen molar-refractivity contribution in [3.8, 4) is 23.3 Å². The van der Waals surface area contributed by atoms with Gasteiger partial charge in [0.2, 0.25) is 17.7 Å². The van der Waals surface area contributed by atoms with E-state index >= 15 is 8.78 Å². The topological polar surface area (TPSA) is 137 Å². The van der Waals surface area contributed by atoms with Crippen molar-refractivity contribution in [1.29, 1.82) is 0 Å². The summed E-state index contributed by atoms with van der Waals surface area (Å²) < 4.78 is 65.8. The number of pyridine rings is 1. The van der Waals surface area contributed by atoms with Gasteiger partial charge in [0.1, 0.15) is 23.1 Å². The number of rotatable bonds is 12. The van der Waals surface area contributed by atoms with E-state index in [0.717, 1.165) is 50.3 Å². The highest BCUT2D eigenvalue weighted by atomic mass is 19.1. The number of nitrogens with zero attached hydrogens (tertiary/aromatic N) is 4. The summed E-state index contributed by atoms with van der Waals surface area (Å²) in [5, 5.41) is 4.86. The minimum Gasteiger partial charge on any atom is -0.488 e. The van der Waals surface area contributed by atoms with Crippen LogP contribution in [0.5, 0.6) is 23.3 Å². The molecule has 0 atom stereocenters. The summed E-state index contributed by atoms with van der Waals surface area (Å²) in [5.74, 6) is -4.17. The number of anilines is 2. The maximum atomic E-state index is 15.2. The third-order valence-corrected chi connectivity index (χ3v) is 7.88. The number of fused-ring (bicyclic) bond motifs is 1. The summed E-state index contributed by atoms with van der Waals surface area (Å²) in [6, 6.07) is 8.12. The van der Waals surface area contributed by atoms with Crippen LogP contribution in [0.4, 0.5) is 24.5 Å². The fraction of sp³-hybridized carbons (Fsp3) is 0.344. The van der Waals surface area contributed by atoms with Crippen LogP contribution in [0.2, 0.25) is 0 Å². The van der Waals surface area contributed by atoms with E-state index in [-0.39, 0.29) is 30.1 Å². The van der Waals surface area contributed by atoms with E-state index in [0.29, 0.717) is 36.8 Å². The average Bonchev–Trinajstić information content (AvgIpc) is 3.89. The first kappa shape index (κ1) is 31.9. The summed E-state index contributed by atoms with van der Waals surface area (Å²) in [4.78, 5) is 40.8. The molecule has 4 aromatic rings. The van der Waals surface area contributed by atoms with Gasteiger partial charge < -0.3 is 29.6 Å². The van der Waals surface area contributed by atoms with Crippen LogP contribution < -0.4 is 24.8 Å². The van der Waals surface area contributed by atoms with Crippen LogP contribution in [0.1, 0.15) is 19.3 Å². The highest BCUT2D eigenvalue weighted by molar-refractivity contribution is 6.17. The lowest BCUT2D eigenvalue weighted by Gasteiger charge is -2.26. The Hall–Kier alpha value is -5.02. The largest absolute Gasteiger partial charge is 0.488 e. The lowest BCUT2D eigenvalue weighted by molar-refractivity contribution is -0.131. The smallest absolute Gasteiger partial charge is 0.257 e. The summed E-state index contributed by atoms with van der Waals surface area (Å²) in [5.41, 5.74) is -1.23. The Morgan fingerprint density at radius 2 is 1.68 bits per heavy atom. The van der Waals surface area contributed by atoms with Crippen LogP contribution in [0.3, 0.4) is 0 Å². The number of benzene rings is 2. The Bertz CT molecular complexity index is 1780. The van der Waals surface area contributed by atoms with Gasteiger partial charge in [0, 0.05) is 43.5 Å². The van der Waals surface area contributed by atoms with Crippen molar-refractivity contribution in [3.63, 3.8) is 0 Å². The SMILES string of the molecule is COc1nc2c(Oc3cc(F)c(NC(=O)C4(C(=O)Nc5ccc(F)cc5)CC4)cc3F)ncnc2cc1OCCCN1CCOCC1. The molecule has 15 heteroatoms. The number of aromatic nitrogens is 3. The summed E-state index contributed by atoms with van der Waals surface area (Å²) >= 11 is 0. The minimum absolute atomic E-state index is 0.116. The summed E-state index contributed by atoms with van der Waals surface area (Å²) in [6.45, 7) is 4.44. The highest BCUT2D eigenvalue weighted by Crippen LogP contribution is 2.48. The van der Waals surface area contributed by atoms with E-state index in [1.165, 1.54) is 25.6 Å². The molecule has 2 amide bonds. The van der Waals surface area contributed by atoms with E-state index in [1.54, 1.807) is 6.07 Å². The van der Waals surface area contributed by atoms with Crippen molar-refractivity contribution >= 4 is 34.2 Å². The molecule has 47 heavy (non-hydrogen) atoms. The second kappa shape index (κ2) is 13.8. The maximum Gasteiger partial charge on any atom is 0.257 e. The van der Waals surface area contributed by atoms with Gasteiger partial charge in [0.25, 0.3) is 5.88 Å². The number of carbonyl (C=O) groups excluding carboxylic acids is 2. The molecule has 0 bridgehead atoms. The number of morpholine rings is 1. The average molecular weight is 653 g/mol. The normalized spacial score (nSPS) is 15.6. The lowest BCUT2D eigenvalue weighted by atomic mass is 10.0. The standard InChI is InChI=1S/C32H31F3N6O6/c1-44-28-26(46-12-2-9-41-10-13-45-14-11-41)17-24-27(40-28)29(37-18-36-24)47-25-16-21(34)23(15-22(25)35)39-31(43)32(7-8-32)30(42)38-20-5-3-19(33)4-6-20/h3-6,15-18H,2,7-14H2,1H3,(H,38,42)(H,39,43). The molecule has 0 radical (unpaired) electrons. The number of hydrogen-bond donors (Lipinski definition) is 2. The van der Waals surface area contributed by atoms with Gasteiger partial charge in [-0.05, 0) is 43.5 Å². The van der Waals surface area contributed by atoms with Gasteiger partial charge >= 0.3 is 0 Å². The van der Waals surface area contributed by atoms with E-state index in [9.17, 15) is 14.0 Å². The molecule has 1 aliphatic heterocycles. The first-order chi connectivity index (χ1) is 22.8. The minimum atomic E-state index is -1.47. The molecule has 1 aliphatic carbocycles. The molecule has 2 aromatic carbocycles. The summed E-state index contributed by atoms with van der Waals surface area (Å²) in [7, 11) is 1.42. The highest BCUT2D eigenvalue weighted by Gasteiger charge is 2.56. The van der Waals surface area contributed by atoms with Crippen molar-refractivity contribution in [2.75, 3.05) is 57.2 Å². The van der Waals surface area contributed by atoms with Gasteiger partial charge in [-0.25, -0.2) is 23.1 Å². The number of methoxy groups -OCH3 is 1. The van der Waals surface area contributed by atoms with Crippen LogP contribution in [0, 0.1) is 22.9 Å². The van der Waals surface area contributed by atoms with Crippen molar-refractivity contribution in [2.24, 2.45) is 5.41 Å². The zero-order valence-electron chi connectivity index (χ0n) is 25.4. The Morgan fingerprint density at radius 1 is 0.936 bits per heavy atom. The first-order valence-corrected chi connectivity index (χ1v) is 14.9. The molecular weight excluding hydrogens is 621 g/mol. The molecule has 6 rings (SSSR count). The molecule has 2 aliphatic rings. The van der Waals surface area contributed by atoms with Crippen LogP contribution >= 0.6 is 0 Å². The third-order valence-electron chi connectivity index (χ3n) is 7.88. The van der Waals surface area contributed by atoms with Gasteiger partial charge in [0.05, 0.1) is 32.6 Å². The molecule has 2 N–H and O–H groups in total. The molecular formula is C32H31F3N6O6. The number of halogens is 3. The fourth-order valence-corrected chi connectivity index (χ4v) is 5.06. The van der Waals surface area contributed by atoms with Crippen LogP contribution in [-0.2, 0) is 14.3 Å². The van der Waals surface area contributed by atoms with Gasteiger partial charge in [-0.2, -0.15) is 4.98 Å². The number of amides is 2. The number of ether oxygens (including phenoxy) is 4. The van der Waals surface area contributed by atoms with Crippen molar-refractivity contribution in [2.45, 2.75) is 19.3 Å². The molecule has 0 unspecified atom stereocenters. The van der Waals surface area contributed by atoms with Gasteiger partial charge in [-0.1, -0.05) is 0 Å². The fourth-order valence-electron chi connectivity index (χ4n) is 5.06. The van der Waals surface area contributed by atoms with Crippen molar-refractivity contribution in [1.82, 2.24) is 19.9 Å². The van der Waals surface area contributed by atoms with E-state index in [1.807, 2.05) is 0 Å². The molecule has 3 heterocycles. The van der Waals surface area contributed by atoms with E-state index in [4.69, 9.17) is 18.9 Å². The van der Waals surface area contributed by atoms with Gasteiger partial charge in [0.15, 0.2) is 28.7 Å². The van der Waals surface area contributed by atoms with Crippen LogP contribution in [0.25, 0.3) is 11.0 Å². The molecule has 2 fully saturated rings. The zero-order valence-corrected chi connectivity index (χ0v) is 25.4. The Kier molecular flexibility index (Phi) is 9.36. The second-order valence-electron chi connectivity index (χ2n) is 11.1. The number of nitrogens with one attached hydrogen (secondary N) is 2. The molecule has 12 nitrogen and oxygen atoms in total. The molecule has 0 spiro atoms. The van der Waals surface area contributed by atoms with Gasteiger partial charge in [-0.3, -0.25) is 14.5 Å². The van der Waals surface area contributed by atoms with E-state index < -0.39 is 46.1 Å². The Labute approximate surface area is 267 Å². The number of carbonyl (C=O) groups is 2. The molecule has 1 saturated carbocycles. The van der Waals surface area contributed by atoms with Crippen LogP contribution in [0.15, 0.2) is 48.8 Å². The Morgan fingerprint density at radius 3 is 2.40 bits per heavy atom. The monoisotopic (exact) mass is 652 g/mol. The van der Waals surface area contributed by atoms with Gasteiger partial charge in [-0.15, -0.1) is 0 Å². The number of hydrogen-bond acceptors (Lipinski definition) is 10.